The molecule has 2 N–H and O–H groups in total. The number of rotatable bonds is 6. The maximum Gasteiger partial charge on any atom is 0.430 e. The van der Waals surface area contributed by atoms with Crippen LogP contribution in [0.1, 0.15) is 17.5 Å². The highest BCUT2D eigenvalue weighted by Crippen LogP contribution is 2.51. The average molecular weight is 566 g/mol. The van der Waals surface area contributed by atoms with Crippen molar-refractivity contribution >= 4 is 34.4 Å². The van der Waals surface area contributed by atoms with Crippen molar-refractivity contribution in [2.24, 2.45) is 0 Å². The number of nitrogens with zero attached hydrogens (tertiary/aromatic N) is 2. The Morgan fingerprint density at radius 2 is 1.77 bits per heavy atom. The van der Waals surface area contributed by atoms with Gasteiger partial charge >= 0.3 is 12.4 Å². The molecule has 0 saturated carbocycles. The van der Waals surface area contributed by atoms with Gasteiger partial charge in [-0.2, -0.15) is 26.3 Å². The van der Waals surface area contributed by atoms with Crippen molar-refractivity contribution in [3.63, 3.8) is 0 Å². The molecule has 1 aliphatic heterocycles. The van der Waals surface area contributed by atoms with Gasteiger partial charge in [-0.25, -0.2) is 0 Å². The van der Waals surface area contributed by atoms with Gasteiger partial charge in [-0.05, 0) is 46.4 Å². The van der Waals surface area contributed by atoms with Gasteiger partial charge in [0.1, 0.15) is 6.23 Å². The molecular weight excluding hydrogens is 549 g/mol. The van der Waals surface area contributed by atoms with Gasteiger partial charge in [0.2, 0.25) is 11.8 Å². The SMILES string of the molecule is CN(Cc1ccc(I)c(C(O)(C(F)(F)F)C(F)(F)F)c1)C(=O)CCN1C(=O)C=CC1O. The summed E-state index contributed by atoms with van der Waals surface area (Å²) >= 11 is 1.26. The summed E-state index contributed by atoms with van der Waals surface area (Å²) in [5.74, 6) is -1.06. The van der Waals surface area contributed by atoms with Gasteiger partial charge in [0.15, 0.2) is 0 Å². The van der Waals surface area contributed by atoms with Crippen molar-refractivity contribution in [1.29, 1.82) is 0 Å². The van der Waals surface area contributed by atoms with Crippen LogP contribution in [0.25, 0.3) is 0 Å². The molecule has 6 nitrogen and oxygen atoms in total. The Hall–Kier alpha value is -1.87. The van der Waals surface area contributed by atoms with E-state index in [1.54, 1.807) is 0 Å². The van der Waals surface area contributed by atoms with Gasteiger partial charge in [-0.3, -0.25) is 9.59 Å². The highest BCUT2D eigenvalue weighted by atomic mass is 127. The van der Waals surface area contributed by atoms with Crippen LogP contribution >= 0.6 is 22.6 Å². The fraction of sp³-hybridized carbons (Fsp3) is 0.444. The first-order chi connectivity index (χ1) is 14.1. The molecule has 0 bridgehead atoms. The first kappa shape index (κ1) is 25.4. The van der Waals surface area contributed by atoms with E-state index >= 15 is 0 Å². The third-order valence-corrected chi connectivity index (χ3v) is 5.61. The highest BCUT2D eigenvalue weighted by Gasteiger charge is 2.72. The molecule has 2 amide bonds. The molecule has 0 saturated heterocycles. The van der Waals surface area contributed by atoms with E-state index in [0.717, 1.165) is 21.9 Å². The summed E-state index contributed by atoms with van der Waals surface area (Å²) in [6, 6.07) is 2.78. The third-order valence-electron chi connectivity index (χ3n) is 4.67. The molecule has 1 unspecified atom stereocenters. The number of alkyl halides is 6. The Labute approximate surface area is 186 Å². The van der Waals surface area contributed by atoms with E-state index in [9.17, 15) is 46.1 Å². The molecule has 2 rings (SSSR count). The molecule has 1 aromatic rings. The Bertz CT molecular complexity index is 873. The summed E-state index contributed by atoms with van der Waals surface area (Å²) in [5.41, 5.74) is -6.53. The largest absolute Gasteiger partial charge is 0.430 e. The number of carbonyl (C=O) groups is 2. The topological polar surface area (TPSA) is 81.1 Å². The summed E-state index contributed by atoms with van der Waals surface area (Å²) in [4.78, 5) is 25.9. The summed E-state index contributed by atoms with van der Waals surface area (Å²) in [6.45, 7) is -0.473. The van der Waals surface area contributed by atoms with Crippen LogP contribution in [-0.4, -0.2) is 64.0 Å². The molecule has 172 valence electrons. The van der Waals surface area contributed by atoms with Crippen molar-refractivity contribution in [1.82, 2.24) is 9.80 Å². The fourth-order valence-electron chi connectivity index (χ4n) is 2.92. The van der Waals surface area contributed by atoms with E-state index in [1.807, 2.05) is 0 Å². The van der Waals surface area contributed by atoms with Crippen molar-refractivity contribution in [2.45, 2.75) is 37.1 Å². The molecule has 1 aromatic carbocycles. The Morgan fingerprint density at radius 3 is 2.26 bits per heavy atom. The molecule has 1 atom stereocenters. The number of aliphatic hydroxyl groups is 2. The molecule has 0 fully saturated rings. The molecule has 0 aromatic heterocycles. The first-order valence-electron chi connectivity index (χ1n) is 8.65. The van der Waals surface area contributed by atoms with Gasteiger partial charge in [-0.1, -0.05) is 6.07 Å². The van der Waals surface area contributed by atoms with E-state index in [-0.39, 0.29) is 25.1 Å². The van der Waals surface area contributed by atoms with Crippen LogP contribution < -0.4 is 0 Å². The standard InChI is InChI=1S/C18H17F6IN2O4/c1-26(13(28)6-7-27-14(29)4-5-15(27)30)9-10-2-3-12(25)11(8-10)16(31,17(19,20)21)18(22,23)24/h2-5,8,14,29,31H,6-7,9H2,1H3. The van der Waals surface area contributed by atoms with Crippen LogP contribution in [0.5, 0.6) is 0 Å². The molecule has 0 spiro atoms. The van der Waals surface area contributed by atoms with Crippen LogP contribution in [0.15, 0.2) is 30.4 Å². The van der Waals surface area contributed by atoms with Crippen LogP contribution in [0.2, 0.25) is 0 Å². The second-order valence-electron chi connectivity index (χ2n) is 6.82. The third kappa shape index (κ3) is 5.14. The number of amides is 2. The molecule has 1 aliphatic rings. The maximum atomic E-state index is 13.2. The van der Waals surface area contributed by atoms with Crippen LogP contribution in [-0.2, 0) is 21.7 Å². The predicted octanol–water partition coefficient (Wildman–Crippen LogP) is 2.67. The minimum Gasteiger partial charge on any atom is -0.370 e. The quantitative estimate of drug-likeness (QED) is 0.410. The fourth-order valence-corrected chi connectivity index (χ4v) is 3.65. The van der Waals surface area contributed by atoms with Gasteiger partial charge in [0.25, 0.3) is 5.60 Å². The second-order valence-corrected chi connectivity index (χ2v) is 7.99. The number of halogens is 7. The van der Waals surface area contributed by atoms with E-state index in [0.29, 0.717) is 6.07 Å². The minimum absolute atomic E-state index is 0.0721. The summed E-state index contributed by atoms with van der Waals surface area (Å²) in [5, 5.41) is 19.3. The lowest BCUT2D eigenvalue weighted by molar-refractivity contribution is -0.376. The lowest BCUT2D eigenvalue weighted by Crippen LogP contribution is -2.54. The normalized spacial score (nSPS) is 17.4. The number of carbonyl (C=O) groups excluding carboxylic acids is 2. The molecule has 1 heterocycles. The molecular formula is C18H17F6IN2O4. The van der Waals surface area contributed by atoms with Gasteiger partial charge in [0, 0.05) is 41.8 Å². The minimum atomic E-state index is -6.03. The lowest BCUT2D eigenvalue weighted by atomic mass is 9.91. The van der Waals surface area contributed by atoms with Crippen molar-refractivity contribution in [2.75, 3.05) is 13.6 Å². The number of hydrogen-bond donors (Lipinski definition) is 2. The average Bonchev–Trinajstić information content (AvgIpc) is 2.96. The highest BCUT2D eigenvalue weighted by molar-refractivity contribution is 14.1. The van der Waals surface area contributed by atoms with Gasteiger partial charge in [-0.15, -0.1) is 0 Å². The summed E-state index contributed by atoms with van der Waals surface area (Å²) in [7, 11) is 1.28. The lowest BCUT2D eigenvalue weighted by Gasteiger charge is -2.33. The monoisotopic (exact) mass is 566 g/mol. The predicted molar refractivity (Wildman–Crippen MR) is 103 cm³/mol. The Morgan fingerprint density at radius 1 is 1.19 bits per heavy atom. The van der Waals surface area contributed by atoms with Gasteiger partial charge in [0.05, 0.1) is 0 Å². The zero-order chi connectivity index (χ0) is 23.8. The van der Waals surface area contributed by atoms with Crippen molar-refractivity contribution in [3.8, 4) is 0 Å². The Kier molecular flexibility index (Phi) is 7.32. The molecule has 13 heteroatoms. The molecule has 31 heavy (non-hydrogen) atoms. The van der Waals surface area contributed by atoms with E-state index in [2.05, 4.69) is 0 Å². The van der Waals surface area contributed by atoms with E-state index in [4.69, 9.17) is 0 Å². The summed E-state index contributed by atoms with van der Waals surface area (Å²) in [6.07, 6.45) is -11.1. The van der Waals surface area contributed by atoms with Gasteiger partial charge < -0.3 is 20.0 Å². The number of benzene rings is 1. The van der Waals surface area contributed by atoms with Crippen molar-refractivity contribution < 1.29 is 46.1 Å². The number of hydrogen-bond acceptors (Lipinski definition) is 4. The van der Waals surface area contributed by atoms with E-state index in [1.165, 1.54) is 41.8 Å². The van der Waals surface area contributed by atoms with Crippen LogP contribution in [0, 0.1) is 3.57 Å². The number of aliphatic hydroxyl groups excluding tert-OH is 1. The maximum absolute atomic E-state index is 13.2. The Balaban J connectivity index is 2.19. The smallest absolute Gasteiger partial charge is 0.370 e. The van der Waals surface area contributed by atoms with Crippen LogP contribution in [0.4, 0.5) is 26.3 Å². The zero-order valence-electron chi connectivity index (χ0n) is 15.8. The zero-order valence-corrected chi connectivity index (χ0v) is 18.0. The summed E-state index contributed by atoms with van der Waals surface area (Å²) < 4.78 is 78.8. The molecule has 0 aliphatic carbocycles. The first-order valence-corrected chi connectivity index (χ1v) is 9.73. The second kappa shape index (κ2) is 8.94. The van der Waals surface area contributed by atoms with E-state index < -0.39 is 45.1 Å². The van der Waals surface area contributed by atoms with Crippen LogP contribution in [0.3, 0.4) is 0 Å². The molecule has 0 radical (unpaired) electrons. The van der Waals surface area contributed by atoms with Crippen molar-refractivity contribution in [3.05, 3.63) is 45.0 Å².